The average Bonchev–Trinajstić information content (AvgIpc) is 2.23. The van der Waals surface area contributed by atoms with E-state index in [9.17, 15) is 0 Å². The summed E-state index contributed by atoms with van der Waals surface area (Å²) in [5.74, 6) is 0. The summed E-state index contributed by atoms with van der Waals surface area (Å²) < 4.78 is 1.12. The minimum absolute atomic E-state index is 0.0936. The first kappa shape index (κ1) is 9.69. The zero-order valence-corrected chi connectivity index (χ0v) is 9.51. The largest absolute Gasteiger partial charge is 0.392 e. The van der Waals surface area contributed by atoms with Gasteiger partial charge in [-0.05, 0) is 50.8 Å². The summed E-state index contributed by atoms with van der Waals surface area (Å²) in [7, 11) is 0. The van der Waals surface area contributed by atoms with Gasteiger partial charge in [0.1, 0.15) is 0 Å². The van der Waals surface area contributed by atoms with E-state index in [4.69, 9.17) is 5.11 Å². The quantitative estimate of drug-likeness (QED) is 0.823. The van der Waals surface area contributed by atoms with Crippen molar-refractivity contribution in [1.29, 1.82) is 0 Å². The van der Waals surface area contributed by atoms with Crippen LogP contribution in [0.2, 0.25) is 0 Å². The van der Waals surface area contributed by atoms with Gasteiger partial charge in [-0.15, -0.1) is 0 Å². The Morgan fingerprint density at radius 2 is 1.93 bits per heavy atom. The van der Waals surface area contributed by atoms with Crippen molar-refractivity contribution < 1.29 is 5.11 Å². The van der Waals surface area contributed by atoms with Crippen molar-refractivity contribution in [3.63, 3.8) is 0 Å². The SMILES string of the molecule is Cc1ccc2ccc(CO)cc2c1Br. The lowest BCUT2D eigenvalue weighted by Crippen LogP contribution is -1.85. The average molecular weight is 251 g/mol. The lowest BCUT2D eigenvalue weighted by molar-refractivity contribution is 0.282. The van der Waals surface area contributed by atoms with Crippen molar-refractivity contribution >= 4 is 26.7 Å². The lowest BCUT2D eigenvalue weighted by atomic mass is 10.1. The highest BCUT2D eigenvalue weighted by molar-refractivity contribution is 9.10. The number of aliphatic hydroxyl groups is 1. The Morgan fingerprint density at radius 1 is 1.21 bits per heavy atom. The molecular formula is C12H11BrO. The normalized spacial score (nSPS) is 10.8. The van der Waals surface area contributed by atoms with Gasteiger partial charge >= 0.3 is 0 Å². The fourth-order valence-corrected chi connectivity index (χ4v) is 2.01. The van der Waals surface area contributed by atoms with Crippen LogP contribution in [0.1, 0.15) is 11.1 Å². The predicted octanol–water partition coefficient (Wildman–Crippen LogP) is 3.40. The number of fused-ring (bicyclic) bond motifs is 1. The van der Waals surface area contributed by atoms with E-state index < -0.39 is 0 Å². The molecular weight excluding hydrogens is 240 g/mol. The molecule has 0 heterocycles. The van der Waals surface area contributed by atoms with Gasteiger partial charge in [-0.25, -0.2) is 0 Å². The molecule has 0 aliphatic heterocycles. The molecule has 0 aromatic heterocycles. The van der Waals surface area contributed by atoms with Crippen molar-refractivity contribution in [2.24, 2.45) is 0 Å². The van der Waals surface area contributed by atoms with Gasteiger partial charge in [0, 0.05) is 4.47 Å². The van der Waals surface area contributed by atoms with Crippen molar-refractivity contribution in [2.75, 3.05) is 0 Å². The minimum atomic E-state index is 0.0936. The topological polar surface area (TPSA) is 20.2 Å². The molecule has 0 atom stereocenters. The van der Waals surface area contributed by atoms with Crippen molar-refractivity contribution in [1.82, 2.24) is 0 Å². The first-order valence-electron chi connectivity index (χ1n) is 4.51. The third-order valence-electron chi connectivity index (χ3n) is 2.40. The fraction of sp³-hybridized carbons (Fsp3) is 0.167. The first-order chi connectivity index (χ1) is 6.72. The zero-order valence-electron chi connectivity index (χ0n) is 7.92. The molecule has 2 aromatic rings. The van der Waals surface area contributed by atoms with E-state index in [1.165, 1.54) is 10.9 Å². The molecule has 0 unspecified atom stereocenters. The van der Waals surface area contributed by atoms with E-state index in [-0.39, 0.29) is 6.61 Å². The van der Waals surface area contributed by atoms with Crippen LogP contribution in [0, 0.1) is 6.92 Å². The Balaban J connectivity index is 2.78. The standard InChI is InChI=1S/C12H11BrO/c1-8-2-4-10-5-3-9(7-14)6-11(10)12(8)13/h2-6,14H,7H2,1H3. The monoisotopic (exact) mass is 250 g/mol. The number of benzene rings is 2. The van der Waals surface area contributed by atoms with E-state index in [0.29, 0.717) is 0 Å². The number of hydrogen-bond donors (Lipinski definition) is 1. The Morgan fingerprint density at radius 3 is 2.64 bits per heavy atom. The van der Waals surface area contributed by atoms with Crippen molar-refractivity contribution in [3.05, 3.63) is 45.9 Å². The van der Waals surface area contributed by atoms with Crippen molar-refractivity contribution in [3.8, 4) is 0 Å². The maximum absolute atomic E-state index is 9.04. The van der Waals surface area contributed by atoms with E-state index in [2.05, 4.69) is 35.0 Å². The number of aliphatic hydroxyl groups excluding tert-OH is 1. The van der Waals surface area contributed by atoms with Crippen LogP contribution in [0.4, 0.5) is 0 Å². The molecule has 0 spiro atoms. The molecule has 0 fully saturated rings. The molecule has 2 aromatic carbocycles. The smallest absolute Gasteiger partial charge is 0.0682 e. The molecule has 0 amide bonds. The molecule has 2 rings (SSSR count). The summed E-state index contributed by atoms with van der Waals surface area (Å²) in [6.45, 7) is 2.16. The second kappa shape index (κ2) is 3.71. The molecule has 0 radical (unpaired) electrons. The Kier molecular flexibility index (Phi) is 2.57. The number of rotatable bonds is 1. The lowest BCUT2D eigenvalue weighted by Gasteiger charge is -2.05. The van der Waals surface area contributed by atoms with Gasteiger partial charge in [-0.3, -0.25) is 0 Å². The number of aryl methyl sites for hydroxylation is 1. The molecule has 0 saturated carbocycles. The third kappa shape index (κ3) is 1.56. The maximum Gasteiger partial charge on any atom is 0.0682 e. The Labute approximate surface area is 91.5 Å². The van der Waals surface area contributed by atoms with Crippen LogP contribution in [0.5, 0.6) is 0 Å². The molecule has 1 nitrogen and oxygen atoms in total. The summed E-state index contributed by atoms with van der Waals surface area (Å²) >= 11 is 3.56. The molecule has 0 aliphatic rings. The Bertz CT molecular complexity index is 477. The highest BCUT2D eigenvalue weighted by Crippen LogP contribution is 2.28. The fourth-order valence-electron chi connectivity index (χ4n) is 1.54. The molecule has 14 heavy (non-hydrogen) atoms. The van der Waals surface area contributed by atoms with Gasteiger partial charge in [0.2, 0.25) is 0 Å². The van der Waals surface area contributed by atoms with Gasteiger partial charge in [-0.2, -0.15) is 0 Å². The maximum atomic E-state index is 9.04. The van der Waals surface area contributed by atoms with Crippen LogP contribution < -0.4 is 0 Å². The highest BCUT2D eigenvalue weighted by Gasteiger charge is 2.02. The van der Waals surface area contributed by atoms with Crippen molar-refractivity contribution in [2.45, 2.75) is 13.5 Å². The number of hydrogen-bond acceptors (Lipinski definition) is 1. The summed E-state index contributed by atoms with van der Waals surface area (Å²) in [5, 5.41) is 11.4. The summed E-state index contributed by atoms with van der Waals surface area (Å²) in [6, 6.07) is 10.2. The van der Waals surface area contributed by atoms with Crippen LogP contribution in [-0.2, 0) is 6.61 Å². The van der Waals surface area contributed by atoms with Crippen LogP contribution in [0.15, 0.2) is 34.8 Å². The van der Waals surface area contributed by atoms with E-state index >= 15 is 0 Å². The first-order valence-corrected chi connectivity index (χ1v) is 5.30. The molecule has 0 aliphatic carbocycles. The minimum Gasteiger partial charge on any atom is -0.392 e. The summed E-state index contributed by atoms with van der Waals surface area (Å²) in [6.07, 6.45) is 0. The molecule has 72 valence electrons. The Hall–Kier alpha value is -0.860. The van der Waals surface area contributed by atoms with Gasteiger partial charge in [0.15, 0.2) is 0 Å². The highest BCUT2D eigenvalue weighted by atomic mass is 79.9. The molecule has 0 saturated heterocycles. The van der Waals surface area contributed by atoms with E-state index in [1.807, 2.05) is 18.2 Å². The van der Waals surface area contributed by atoms with E-state index in [1.54, 1.807) is 0 Å². The molecule has 1 N–H and O–H groups in total. The van der Waals surface area contributed by atoms with Gasteiger partial charge in [0.05, 0.1) is 6.61 Å². The third-order valence-corrected chi connectivity index (χ3v) is 3.45. The second-order valence-electron chi connectivity index (χ2n) is 3.41. The summed E-state index contributed by atoms with van der Waals surface area (Å²) in [5.41, 5.74) is 2.16. The van der Waals surface area contributed by atoms with Crippen LogP contribution in [-0.4, -0.2) is 5.11 Å². The van der Waals surface area contributed by atoms with E-state index in [0.717, 1.165) is 15.4 Å². The second-order valence-corrected chi connectivity index (χ2v) is 4.20. The molecule has 0 bridgehead atoms. The van der Waals surface area contributed by atoms with Gasteiger partial charge in [0.25, 0.3) is 0 Å². The van der Waals surface area contributed by atoms with Crippen LogP contribution in [0.3, 0.4) is 0 Å². The number of halogens is 1. The molecule has 2 heteroatoms. The van der Waals surface area contributed by atoms with Crippen LogP contribution in [0.25, 0.3) is 10.8 Å². The summed E-state index contributed by atoms with van der Waals surface area (Å²) in [4.78, 5) is 0. The van der Waals surface area contributed by atoms with Crippen LogP contribution >= 0.6 is 15.9 Å². The predicted molar refractivity (Wildman–Crippen MR) is 62.3 cm³/mol. The van der Waals surface area contributed by atoms with Gasteiger partial charge in [-0.1, -0.05) is 24.3 Å². The van der Waals surface area contributed by atoms with Gasteiger partial charge < -0.3 is 5.11 Å². The zero-order chi connectivity index (χ0) is 10.1.